The van der Waals surface area contributed by atoms with Crippen LogP contribution in [0.4, 0.5) is 23.0 Å². The molecule has 2 aromatic rings. The number of aromatic nitrogens is 1. The molecule has 0 aliphatic heterocycles. The topological polar surface area (TPSA) is 106 Å². The lowest BCUT2D eigenvalue weighted by atomic mass is 10.0. The quantitative estimate of drug-likeness (QED) is 0.443. The normalized spacial score (nSPS) is 10.5. The molecule has 1 aromatic heterocycles. The maximum atomic E-state index is 11.0. The highest BCUT2D eigenvalue weighted by Gasteiger charge is 2.16. The molecule has 0 atom stereocenters. The molecule has 0 saturated heterocycles. The molecule has 0 radical (unpaired) electrons. The largest absolute Gasteiger partial charge is 0.334 e. The van der Waals surface area contributed by atoms with Gasteiger partial charge in [0.25, 0.3) is 0 Å². The van der Waals surface area contributed by atoms with E-state index >= 15 is 0 Å². The molecule has 1 aromatic carbocycles. The van der Waals surface area contributed by atoms with E-state index in [9.17, 15) is 10.1 Å². The van der Waals surface area contributed by atoms with Gasteiger partial charge in [-0.15, -0.1) is 0 Å². The third-order valence-corrected chi connectivity index (χ3v) is 3.06. The Morgan fingerprint density at radius 1 is 1.19 bits per heavy atom. The Balaban J connectivity index is 2.31. The standard InChI is InChI=1S/C14H17N5O2/c1-9(2)10-3-5-11(6-4-10)16-14-12(19(20)21)7-8-13(17-14)18-15/h3-9H,15H2,1-2H3,(H2,16,17,18). The summed E-state index contributed by atoms with van der Waals surface area (Å²) in [7, 11) is 0. The van der Waals surface area contributed by atoms with Gasteiger partial charge in [-0.25, -0.2) is 10.8 Å². The van der Waals surface area contributed by atoms with E-state index in [-0.39, 0.29) is 11.5 Å². The van der Waals surface area contributed by atoms with Gasteiger partial charge in [-0.05, 0) is 29.7 Å². The van der Waals surface area contributed by atoms with Gasteiger partial charge in [-0.3, -0.25) is 10.1 Å². The first kappa shape index (κ1) is 14.7. The van der Waals surface area contributed by atoms with Gasteiger partial charge in [0.15, 0.2) is 0 Å². The second-order valence-corrected chi connectivity index (χ2v) is 4.87. The number of nitrogens with zero attached hydrogens (tertiary/aromatic N) is 2. The first-order chi connectivity index (χ1) is 10.0. The zero-order chi connectivity index (χ0) is 15.4. The van der Waals surface area contributed by atoms with Crippen LogP contribution in [0, 0.1) is 10.1 Å². The van der Waals surface area contributed by atoms with E-state index in [0.717, 1.165) is 5.69 Å². The minimum absolute atomic E-state index is 0.109. The van der Waals surface area contributed by atoms with Crippen molar-refractivity contribution in [2.45, 2.75) is 19.8 Å². The summed E-state index contributed by atoms with van der Waals surface area (Å²) in [5.41, 5.74) is 4.18. The first-order valence-corrected chi connectivity index (χ1v) is 6.50. The highest BCUT2D eigenvalue weighted by atomic mass is 16.6. The van der Waals surface area contributed by atoms with E-state index in [0.29, 0.717) is 11.7 Å². The Labute approximate surface area is 122 Å². The van der Waals surface area contributed by atoms with Gasteiger partial charge in [0.2, 0.25) is 5.82 Å². The van der Waals surface area contributed by atoms with Crippen LogP contribution in [0.25, 0.3) is 0 Å². The van der Waals surface area contributed by atoms with Gasteiger partial charge >= 0.3 is 5.69 Å². The maximum Gasteiger partial charge on any atom is 0.311 e. The van der Waals surface area contributed by atoms with Crippen LogP contribution in [-0.4, -0.2) is 9.91 Å². The summed E-state index contributed by atoms with van der Waals surface area (Å²) in [6.45, 7) is 4.20. The van der Waals surface area contributed by atoms with Crippen molar-refractivity contribution in [3.63, 3.8) is 0 Å². The maximum absolute atomic E-state index is 11.0. The zero-order valence-electron chi connectivity index (χ0n) is 11.8. The van der Waals surface area contributed by atoms with Gasteiger partial charge in [-0.1, -0.05) is 26.0 Å². The van der Waals surface area contributed by atoms with Gasteiger partial charge in [0.05, 0.1) is 4.92 Å². The molecule has 0 amide bonds. The van der Waals surface area contributed by atoms with Crippen LogP contribution in [0.3, 0.4) is 0 Å². The number of rotatable bonds is 5. The molecule has 0 saturated carbocycles. The van der Waals surface area contributed by atoms with E-state index in [1.165, 1.54) is 17.7 Å². The molecule has 0 aliphatic carbocycles. The lowest BCUT2D eigenvalue weighted by Gasteiger charge is -2.10. The fraction of sp³-hybridized carbons (Fsp3) is 0.214. The Hall–Kier alpha value is -2.67. The van der Waals surface area contributed by atoms with E-state index < -0.39 is 4.92 Å². The summed E-state index contributed by atoms with van der Waals surface area (Å²) >= 11 is 0. The summed E-state index contributed by atoms with van der Waals surface area (Å²) in [6, 6.07) is 10.5. The van der Waals surface area contributed by atoms with Crippen molar-refractivity contribution in [3.05, 3.63) is 52.1 Å². The summed E-state index contributed by atoms with van der Waals surface area (Å²) in [4.78, 5) is 14.6. The molecule has 0 spiro atoms. The molecule has 7 nitrogen and oxygen atoms in total. The molecular weight excluding hydrogens is 270 g/mol. The van der Waals surface area contributed by atoms with Crippen LogP contribution >= 0.6 is 0 Å². The van der Waals surface area contributed by atoms with Crippen molar-refractivity contribution < 1.29 is 4.92 Å². The van der Waals surface area contributed by atoms with Crippen LogP contribution in [0.5, 0.6) is 0 Å². The van der Waals surface area contributed by atoms with Gasteiger partial charge < -0.3 is 10.7 Å². The van der Waals surface area contributed by atoms with Crippen molar-refractivity contribution in [1.82, 2.24) is 4.98 Å². The summed E-state index contributed by atoms with van der Waals surface area (Å²) in [6.07, 6.45) is 0. The summed E-state index contributed by atoms with van der Waals surface area (Å²) < 4.78 is 0. The molecule has 0 unspecified atom stereocenters. The second-order valence-electron chi connectivity index (χ2n) is 4.87. The molecule has 21 heavy (non-hydrogen) atoms. The first-order valence-electron chi connectivity index (χ1n) is 6.50. The molecule has 4 N–H and O–H groups in total. The number of nitro groups is 1. The average Bonchev–Trinajstić information content (AvgIpc) is 2.47. The number of hydrazine groups is 1. The number of benzene rings is 1. The number of hydrogen-bond donors (Lipinski definition) is 3. The monoisotopic (exact) mass is 287 g/mol. The minimum Gasteiger partial charge on any atom is -0.334 e. The van der Waals surface area contributed by atoms with E-state index in [1.807, 2.05) is 24.3 Å². The number of nitrogens with two attached hydrogens (primary N) is 1. The fourth-order valence-corrected chi connectivity index (χ4v) is 1.86. The van der Waals surface area contributed by atoms with Gasteiger partial charge in [-0.2, -0.15) is 0 Å². The SMILES string of the molecule is CC(C)c1ccc(Nc2nc(NN)ccc2[N+](=O)[O-])cc1. The highest BCUT2D eigenvalue weighted by Crippen LogP contribution is 2.27. The van der Waals surface area contributed by atoms with Crippen molar-refractivity contribution >= 4 is 23.0 Å². The molecule has 110 valence electrons. The number of nitrogen functional groups attached to an aromatic ring is 1. The van der Waals surface area contributed by atoms with E-state index in [1.54, 1.807) is 0 Å². The number of nitrogens with one attached hydrogen (secondary N) is 2. The van der Waals surface area contributed by atoms with Crippen LogP contribution in [0.1, 0.15) is 25.3 Å². The van der Waals surface area contributed by atoms with Crippen molar-refractivity contribution in [1.29, 1.82) is 0 Å². The minimum atomic E-state index is -0.488. The Kier molecular flexibility index (Phi) is 4.34. The average molecular weight is 287 g/mol. The fourth-order valence-electron chi connectivity index (χ4n) is 1.86. The lowest BCUT2D eigenvalue weighted by Crippen LogP contribution is -2.10. The molecule has 0 bridgehead atoms. The van der Waals surface area contributed by atoms with Crippen LogP contribution in [0.2, 0.25) is 0 Å². The van der Waals surface area contributed by atoms with Crippen LogP contribution < -0.4 is 16.6 Å². The molecule has 0 fully saturated rings. The molecular formula is C14H17N5O2. The number of hydrogen-bond acceptors (Lipinski definition) is 6. The van der Waals surface area contributed by atoms with Crippen LogP contribution in [-0.2, 0) is 0 Å². The highest BCUT2D eigenvalue weighted by molar-refractivity contribution is 5.67. The third-order valence-electron chi connectivity index (χ3n) is 3.06. The van der Waals surface area contributed by atoms with E-state index in [2.05, 4.69) is 29.6 Å². The summed E-state index contributed by atoms with van der Waals surface area (Å²) in [5, 5.41) is 14.0. The van der Waals surface area contributed by atoms with E-state index in [4.69, 9.17) is 5.84 Å². The van der Waals surface area contributed by atoms with Gasteiger partial charge in [0, 0.05) is 11.8 Å². The predicted molar refractivity (Wildman–Crippen MR) is 82.5 cm³/mol. The number of pyridine rings is 1. The molecule has 7 heteroatoms. The van der Waals surface area contributed by atoms with Crippen molar-refractivity contribution in [3.8, 4) is 0 Å². The smallest absolute Gasteiger partial charge is 0.311 e. The van der Waals surface area contributed by atoms with Crippen LogP contribution in [0.15, 0.2) is 36.4 Å². The zero-order valence-corrected chi connectivity index (χ0v) is 11.8. The van der Waals surface area contributed by atoms with Crippen molar-refractivity contribution in [2.24, 2.45) is 5.84 Å². The summed E-state index contributed by atoms with van der Waals surface area (Å²) in [5.74, 6) is 6.20. The molecule has 0 aliphatic rings. The Morgan fingerprint density at radius 3 is 2.38 bits per heavy atom. The predicted octanol–water partition coefficient (Wildman–Crippen LogP) is 3.14. The van der Waals surface area contributed by atoms with Crippen molar-refractivity contribution in [2.75, 3.05) is 10.7 Å². The Bertz CT molecular complexity index is 640. The Morgan fingerprint density at radius 2 is 1.86 bits per heavy atom. The van der Waals surface area contributed by atoms with Gasteiger partial charge in [0.1, 0.15) is 5.82 Å². The lowest BCUT2D eigenvalue weighted by molar-refractivity contribution is -0.384. The molecule has 2 rings (SSSR count). The second kappa shape index (κ2) is 6.19. The molecule has 1 heterocycles. The number of anilines is 3. The third kappa shape index (κ3) is 3.46.